The van der Waals surface area contributed by atoms with Crippen LogP contribution in [0.3, 0.4) is 0 Å². The van der Waals surface area contributed by atoms with E-state index in [-0.39, 0.29) is 11.0 Å². The molecule has 0 saturated carbocycles. The van der Waals surface area contributed by atoms with Gasteiger partial charge >= 0.3 is 0 Å². The summed E-state index contributed by atoms with van der Waals surface area (Å²) in [6, 6.07) is 12.2. The van der Waals surface area contributed by atoms with E-state index in [1.807, 2.05) is 30.3 Å². The fourth-order valence-electron chi connectivity index (χ4n) is 0.893. The van der Waals surface area contributed by atoms with E-state index in [0.29, 0.717) is 6.42 Å². The maximum atomic E-state index is 8.27. The average Bonchev–Trinajstić information content (AvgIpc) is 2.07. The molecule has 0 aliphatic rings. The number of hydrogen-bond donors (Lipinski definition) is 0. The quantitative estimate of drug-likeness (QED) is 0.461. The predicted octanol–water partition coefficient (Wildman–Crippen LogP) is -0.301. The number of benzene rings is 1. The van der Waals surface area contributed by atoms with E-state index < -0.39 is 0 Å². The lowest BCUT2D eigenvalue weighted by Gasteiger charge is -1.93. The largest absolute Gasteiger partial charge is 0.412 e. The first-order valence-electron chi connectivity index (χ1n) is 3.68. The lowest BCUT2D eigenvalue weighted by atomic mass is 9.67. The van der Waals surface area contributed by atoms with Gasteiger partial charge in [0.1, 0.15) is 0 Å². The number of hydrogen-bond acceptors (Lipinski definition) is 1. The molecule has 0 aromatic heterocycles. The van der Waals surface area contributed by atoms with Crippen LogP contribution in [0, 0.1) is 11.3 Å². The van der Waals surface area contributed by atoms with Crippen molar-refractivity contribution < 1.29 is 11.0 Å². The minimum absolute atomic E-state index is 0. The molecule has 1 rings (SSSR count). The van der Waals surface area contributed by atoms with Gasteiger partial charge in [-0.2, -0.15) is 5.26 Å². The molecular formula is C9H13BNO2. The molecule has 0 bridgehead atoms. The second-order valence-electron chi connectivity index (χ2n) is 2.31. The van der Waals surface area contributed by atoms with Gasteiger partial charge in [-0.1, -0.05) is 42.1 Å². The smallest absolute Gasteiger partial charge is 0.152 e. The van der Waals surface area contributed by atoms with Gasteiger partial charge in [0.05, 0.1) is 6.07 Å². The maximum Gasteiger partial charge on any atom is 0.152 e. The van der Waals surface area contributed by atoms with Gasteiger partial charge in [0.2, 0.25) is 0 Å². The van der Waals surface area contributed by atoms with E-state index in [0.717, 1.165) is 6.32 Å². The number of nitrogens with zero attached hydrogens (tertiary/aromatic N) is 1. The van der Waals surface area contributed by atoms with Gasteiger partial charge in [-0.25, -0.2) is 0 Å². The van der Waals surface area contributed by atoms with Crippen LogP contribution in [0.4, 0.5) is 0 Å². The summed E-state index contributed by atoms with van der Waals surface area (Å²) in [5.74, 6) is 0. The molecule has 0 saturated heterocycles. The van der Waals surface area contributed by atoms with Crippen LogP contribution in [0.15, 0.2) is 30.3 Å². The van der Waals surface area contributed by atoms with Crippen molar-refractivity contribution in [2.75, 3.05) is 0 Å². The average molecular weight is 178 g/mol. The molecule has 4 heteroatoms. The first-order chi connectivity index (χ1) is 5.43. The van der Waals surface area contributed by atoms with Crippen LogP contribution < -0.4 is 5.46 Å². The molecule has 4 N–H and O–H groups in total. The Kier molecular flexibility index (Phi) is 9.62. The zero-order chi connectivity index (χ0) is 7.94. The van der Waals surface area contributed by atoms with Crippen LogP contribution in [0.1, 0.15) is 6.42 Å². The minimum atomic E-state index is 0. The van der Waals surface area contributed by atoms with Gasteiger partial charge in [0.15, 0.2) is 7.28 Å². The third-order valence-electron chi connectivity index (χ3n) is 1.44. The van der Waals surface area contributed by atoms with Crippen molar-refractivity contribution in [2.45, 2.75) is 12.7 Å². The molecule has 0 atom stereocenters. The van der Waals surface area contributed by atoms with E-state index >= 15 is 0 Å². The Hall–Kier alpha value is -1.31. The van der Waals surface area contributed by atoms with Crippen LogP contribution in [0.2, 0.25) is 6.32 Å². The van der Waals surface area contributed by atoms with Gasteiger partial charge in [-0.05, 0) is 0 Å². The Balaban J connectivity index is 0. The molecule has 0 heterocycles. The van der Waals surface area contributed by atoms with E-state index in [4.69, 9.17) is 5.26 Å². The van der Waals surface area contributed by atoms with Crippen LogP contribution in [-0.4, -0.2) is 18.2 Å². The predicted molar refractivity (Wildman–Crippen MR) is 54.1 cm³/mol. The molecule has 0 fully saturated rings. The molecule has 1 aromatic rings. The van der Waals surface area contributed by atoms with Crippen molar-refractivity contribution in [2.24, 2.45) is 0 Å². The van der Waals surface area contributed by atoms with Crippen molar-refractivity contribution in [1.82, 2.24) is 0 Å². The van der Waals surface area contributed by atoms with Gasteiger partial charge in [-0.15, -0.1) is 0 Å². The molecule has 1 aromatic carbocycles. The molecule has 0 amide bonds. The molecule has 69 valence electrons. The summed E-state index contributed by atoms with van der Waals surface area (Å²) in [6.45, 7) is 0. The standard InChI is InChI=1S/C9H9BN.2H2O/c11-8-4-7-10-9-5-2-1-3-6-9;;/h1-3,5-6H,4,7H2;2*1H2. The lowest BCUT2D eigenvalue weighted by molar-refractivity contribution is 0.823. The highest BCUT2D eigenvalue weighted by Crippen LogP contribution is 1.87. The van der Waals surface area contributed by atoms with E-state index in [9.17, 15) is 0 Å². The topological polar surface area (TPSA) is 86.8 Å². The Morgan fingerprint density at radius 3 is 2.31 bits per heavy atom. The highest BCUT2D eigenvalue weighted by molar-refractivity contribution is 6.53. The second-order valence-corrected chi connectivity index (χ2v) is 2.31. The minimum Gasteiger partial charge on any atom is -0.412 e. The molecule has 3 nitrogen and oxygen atoms in total. The van der Waals surface area contributed by atoms with Gasteiger partial charge in [-0.3, -0.25) is 0 Å². The fraction of sp³-hybridized carbons (Fsp3) is 0.222. The monoisotopic (exact) mass is 178 g/mol. The summed E-state index contributed by atoms with van der Waals surface area (Å²) in [6.07, 6.45) is 1.45. The van der Waals surface area contributed by atoms with Crippen LogP contribution in [0.25, 0.3) is 0 Å². The molecule has 0 unspecified atom stereocenters. The Morgan fingerprint density at radius 1 is 1.15 bits per heavy atom. The van der Waals surface area contributed by atoms with Crippen LogP contribution in [0.5, 0.6) is 0 Å². The van der Waals surface area contributed by atoms with Gasteiger partial charge in [0.25, 0.3) is 0 Å². The van der Waals surface area contributed by atoms with E-state index in [1.54, 1.807) is 0 Å². The van der Waals surface area contributed by atoms with Crippen LogP contribution >= 0.6 is 0 Å². The van der Waals surface area contributed by atoms with Crippen molar-refractivity contribution in [3.63, 3.8) is 0 Å². The maximum absolute atomic E-state index is 8.27. The SMILES string of the molecule is N#CCC[B]c1ccccc1.O.O. The number of nitriles is 1. The summed E-state index contributed by atoms with van der Waals surface area (Å²) in [4.78, 5) is 0. The van der Waals surface area contributed by atoms with E-state index in [1.165, 1.54) is 5.46 Å². The molecular weight excluding hydrogens is 165 g/mol. The Bertz CT molecular complexity index is 246. The highest BCUT2D eigenvalue weighted by Gasteiger charge is 1.91. The highest BCUT2D eigenvalue weighted by atomic mass is 16.0. The summed E-state index contributed by atoms with van der Waals surface area (Å²) >= 11 is 0. The lowest BCUT2D eigenvalue weighted by Crippen LogP contribution is -2.11. The Labute approximate surface area is 78.9 Å². The summed E-state index contributed by atoms with van der Waals surface area (Å²) in [5.41, 5.74) is 1.20. The third kappa shape index (κ3) is 5.91. The van der Waals surface area contributed by atoms with Gasteiger partial charge in [0, 0.05) is 6.42 Å². The van der Waals surface area contributed by atoms with Crippen molar-refractivity contribution in [3.05, 3.63) is 30.3 Å². The summed E-state index contributed by atoms with van der Waals surface area (Å²) < 4.78 is 0. The summed E-state index contributed by atoms with van der Waals surface area (Å²) in [7, 11) is 2.07. The summed E-state index contributed by atoms with van der Waals surface area (Å²) in [5, 5.41) is 8.27. The Morgan fingerprint density at radius 2 is 1.77 bits per heavy atom. The third-order valence-corrected chi connectivity index (χ3v) is 1.44. The van der Waals surface area contributed by atoms with Gasteiger partial charge < -0.3 is 11.0 Å². The number of rotatable bonds is 3. The van der Waals surface area contributed by atoms with Crippen molar-refractivity contribution in [3.8, 4) is 6.07 Å². The zero-order valence-corrected chi connectivity index (χ0v) is 7.33. The normalized spacial score (nSPS) is 7.31. The van der Waals surface area contributed by atoms with E-state index in [2.05, 4.69) is 13.3 Å². The second kappa shape index (κ2) is 8.79. The zero-order valence-electron chi connectivity index (χ0n) is 7.33. The first kappa shape index (κ1) is 14.2. The molecule has 0 aliphatic carbocycles. The molecule has 0 aliphatic heterocycles. The molecule has 13 heavy (non-hydrogen) atoms. The van der Waals surface area contributed by atoms with Crippen LogP contribution in [-0.2, 0) is 0 Å². The van der Waals surface area contributed by atoms with Crippen molar-refractivity contribution >= 4 is 12.7 Å². The van der Waals surface area contributed by atoms with Crippen molar-refractivity contribution in [1.29, 1.82) is 5.26 Å². The first-order valence-corrected chi connectivity index (χ1v) is 3.68. The molecule has 1 radical (unpaired) electrons. The molecule has 0 spiro atoms. The fourth-order valence-corrected chi connectivity index (χ4v) is 0.893.